The number of hydrogen-bond acceptors (Lipinski definition) is 3. The van der Waals surface area contributed by atoms with E-state index >= 15 is 0 Å². The minimum absolute atomic E-state index is 0.103. The summed E-state index contributed by atoms with van der Waals surface area (Å²) in [5, 5.41) is 0. The molecule has 1 atom stereocenters. The zero-order valence-electron chi connectivity index (χ0n) is 12.4. The fraction of sp³-hybridized carbons (Fsp3) is 0.625. The van der Waals surface area contributed by atoms with Gasteiger partial charge >= 0.3 is 0 Å². The predicted octanol–water partition coefficient (Wildman–Crippen LogP) is 0.613. The van der Waals surface area contributed by atoms with Crippen LogP contribution in [0.3, 0.4) is 0 Å². The highest BCUT2D eigenvalue weighted by Gasteiger charge is 2.29. The molecule has 3 heterocycles. The molecule has 1 saturated heterocycles. The van der Waals surface area contributed by atoms with Crippen molar-refractivity contribution in [3.8, 4) is 12.3 Å². The average Bonchev–Trinajstić information content (AvgIpc) is 2.85. The van der Waals surface area contributed by atoms with Gasteiger partial charge in [-0.05, 0) is 19.3 Å². The number of aromatic nitrogens is 2. The third kappa shape index (κ3) is 3.11. The van der Waals surface area contributed by atoms with Crippen molar-refractivity contribution in [2.75, 3.05) is 32.7 Å². The van der Waals surface area contributed by atoms with Gasteiger partial charge in [0.15, 0.2) is 0 Å². The van der Waals surface area contributed by atoms with Gasteiger partial charge in [-0.1, -0.05) is 5.92 Å². The van der Waals surface area contributed by atoms with Gasteiger partial charge in [0.05, 0.1) is 18.8 Å². The number of fused-ring (bicyclic) bond motifs is 1. The normalized spacial score (nSPS) is 23.2. The van der Waals surface area contributed by atoms with Crippen LogP contribution in [0.1, 0.15) is 18.5 Å². The van der Waals surface area contributed by atoms with Gasteiger partial charge in [-0.2, -0.15) is 0 Å². The van der Waals surface area contributed by atoms with Gasteiger partial charge < -0.3 is 9.47 Å². The van der Waals surface area contributed by atoms with Gasteiger partial charge in [0.2, 0.25) is 5.91 Å². The zero-order chi connectivity index (χ0) is 14.7. The summed E-state index contributed by atoms with van der Waals surface area (Å²) >= 11 is 0. The molecule has 1 aromatic heterocycles. The maximum Gasteiger partial charge on any atom is 0.227 e. The maximum absolute atomic E-state index is 12.7. The largest absolute Gasteiger partial charge is 0.341 e. The molecule has 2 aliphatic heterocycles. The highest BCUT2D eigenvalue weighted by atomic mass is 16.2. The first kappa shape index (κ1) is 14.2. The Hall–Kier alpha value is -1.80. The lowest BCUT2D eigenvalue weighted by Gasteiger charge is -2.29. The average molecular weight is 286 g/mol. The third-order valence-electron chi connectivity index (χ3n) is 4.53. The summed E-state index contributed by atoms with van der Waals surface area (Å²) < 4.78 is 2.12. The second kappa shape index (κ2) is 6.31. The molecule has 0 bridgehead atoms. The molecule has 112 valence electrons. The first-order chi connectivity index (χ1) is 10.3. The molecule has 1 unspecified atom stereocenters. The predicted molar refractivity (Wildman–Crippen MR) is 80.5 cm³/mol. The third-order valence-corrected chi connectivity index (χ3v) is 4.53. The lowest BCUT2D eigenvalue weighted by molar-refractivity contribution is -0.136. The summed E-state index contributed by atoms with van der Waals surface area (Å²) in [6.07, 6.45) is 12.0. The number of aryl methyl sites for hydroxylation is 1. The number of amides is 1. The minimum atomic E-state index is 0.103. The first-order valence-electron chi connectivity index (χ1n) is 7.71. The van der Waals surface area contributed by atoms with Gasteiger partial charge in [-0.3, -0.25) is 9.69 Å². The van der Waals surface area contributed by atoms with Crippen molar-refractivity contribution in [1.29, 1.82) is 0 Å². The minimum Gasteiger partial charge on any atom is -0.341 e. The molecular weight excluding hydrogens is 264 g/mol. The van der Waals surface area contributed by atoms with E-state index in [-0.39, 0.29) is 5.92 Å². The highest BCUT2D eigenvalue weighted by Crippen LogP contribution is 2.22. The van der Waals surface area contributed by atoms with Crippen molar-refractivity contribution >= 4 is 5.91 Å². The van der Waals surface area contributed by atoms with Crippen molar-refractivity contribution in [3.63, 3.8) is 0 Å². The Balaban J connectivity index is 1.60. The highest BCUT2D eigenvalue weighted by molar-refractivity contribution is 5.79. The number of carbonyl (C=O) groups excluding carboxylic acids is 1. The van der Waals surface area contributed by atoms with Gasteiger partial charge in [-0.15, -0.1) is 6.42 Å². The van der Waals surface area contributed by atoms with Gasteiger partial charge in [0.1, 0.15) is 0 Å². The van der Waals surface area contributed by atoms with Crippen molar-refractivity contribution in [2.24, 2.45) is 5.92 Å². The number of terminal acetylenes is 1. The first-order valence-corrected chi connectivity index (χ1v) is 7.71. The number of carbonyl (C=O) groups is 1. The van der Waals surface area contributed by atoms with E-state index in [0.717, 1.165) is 52.0 Å². The molecule has 1 amide bonds. The fourth-order valence-electron chi connectivity index (χ4n) is 3.31. The molecule has 1 aromatic rings. The second-order valence-electron chi connectivity index (χ2n) is 5.93. The molecule has 5 nitrogen and oxygen atoms in total. The Labute approximate surface area is 125 Å². The summed E-state index contributed by atoms with van der Waals surface area (Å²) in [5.74, 6) is 3.10. The maximum atomic E-state index is 12.7. The summed E-state index contributed by atoms with van der Waals surface area (Å²) in [4.78, 5) is 21.2. The van der Waals surface area contributed by atoms with Crippen LogP contribution in [0.2, 0.25) is 0 Å². The zero-order valence-corrected chi connectivity index (χ0v) is 12.4. The van der Waals surface area contributed by atoms with Crippen LogP contribution >= 0.6 is 0 Å². The Morgan fingerprint density at radius 2 is 2.29 bits per heavy atom. The number of nitrogens with zero attached hydrogens (tertiary/aromatic N) is 4. The molecule has 0 aromatic carbocycles. The molecule has 1 fully saturated rings. The summed E-state index contributed by atoms with van der Waals surface area (Å²) in [6.45, 7) is 4.99. The smallest absolute Gasteiger partial charge is 0.227 e. The van der Waals surface area contributed by atoms with Crippen molar-refractivity contribution in [1.82, 2.24) is 19.4 Å². The Kier molecular flexibility index (Phi) is 4.26. The van der Waals surface area contributed by atoms with Crippen LogP contribution in [0.5, 0.6) is 0 Å². The molecule has 21 heavy (non-hydrogen) atoms. The van der Waals surface area contributed by atoms with Crippen LogP contribution in [0, 0.1) is 18.3 Å². The summed E-state index contributed by atoms with van der Waals surface area (Å²) in [7, 11) is 0. The van der Waals surface area contributed by atoms with Crippen LogP contribution in [-0.4, -0.2) is 58.0 Å². The Bertz CT molecular complexity index is 545. The van der Waals surface area contributed by atoms with Crippen molar-refractivity contribution in [2.45, 2.75) is 25.8 Å². The molecule has 0 N–H and O–H groups in total. The van der Waals surface area contributed by atoms with E-state index < -0.39 is 0 Å². The van der Waals surface area contributed by atoms with Crippen molar-refractivity contribution < 1.29 is 4.79 Å². The standard InChI is InChI=1S/C16H22N4O/c1-2-6-18-7-3-8-19(10-9-18)16(21)14-4-5-15-11-17-13-20(15)12-14/h1,11,13-14H,3-10,12H2. The van der Waals surface area contributed by atoms with Crippen LogP contribution < -0.4 is 0 Å². The van der Waals surface area contributed by atoms with E-state index in [0.29, 0.717) is 12.5 Å². The fourth-order valence-corrected chi connectivity index (χ4v) is 3.31. The lowest BCUT2D eigenvalue weighted by Crippen LogP contribution is -2.41. The summed E-state index contributed by atoms with van der Waals surface area (Å²) in [5.41, 5.74) is 1.25. The quantitative estimate of drug-likeness (QED) is 0.748. The topological polar surface area (TPSA) is 41.4 Å². The number of hydrogen-bond donors (Lipinski definition) is 0. The SMILES string of the molecule is C#CCN1CCCN(C(=O)C2CCc3cncn3C2)CC1. The lowest BCUT2D eigenvalue weighted by atomic mass is 9.96. The van der Waals surface area contributed by atoms with E-state index in [2.05, 4.69) is 20.4 Å². The van der Waals surface area contributed by atoms with E-state index in [1.807, 2.05) is 17.4 Å². The molecule has 0 spiro atoms. The summed E-state index contributed by atoms with van der Waals surface area (Å²) in [6, 6.07) is 0. The molecule has 0 saturated carbocycles. The Morgan fingerprint density at radius 3 is 3.14 bits per heavy atom. The molecule has 5 heteroatoms. The van der Waals surface area contributed by atoms with E-state index in [1.54, 1.807) is 0 Å². The molecule has 2 aliphatic rings. The van der Waals surface area contributed by atoms with Gasteiger partial charge in [0.25, 0.3) is 0 Å². The molecular formula is C16H22N4O. The van der Waals surface area contributed by atoms with Crippen LogP contribution in [0.25, 0.3) is 0 Å². The van der Waals surface area contributed by atoms with Crippen LogP contribution in [-0.2, 0) is 17.8 Å². The van der Waals surface area contributed by atoms with Crippen LogP contribution in [0.4, 0.5) is 0 Å². The van der Waals surface area contributed by atoms with Crippen LogP contribution in [0.15, 0.2) is 12.5 Å². The number of imidazole rings is 1. The van der Waals surface area contributed by atoms with E-state index in [1.165, 1.54) is 5.69 Å². The Morgan fingerprint density at radius 1 is 1.38 bits per heavy atom. The van der Waals surface area contributed by atoms with Crippen molar-refractivity contribution in [3.05, 3.63) is 18.2 Å². The second-order valence-corrected chi connectivity index (χ2v) is 5.93. The van der Waals surface area contributed by atoms with Gasteiger partial charge in [-0.25, -0.2) is 4.98 Å². The van der Waals surface area contributed by atoms with E-state index in [4.69, 9.17) is 6.42 Å². The number of rotatable bonds is 2. The molecule has 3 rings (SSSR count). The monoisotopic (exact) mass is 286 g/mol. The molecule has 0 radical (unpaired) electrons. The van der Waals surface area contributed by atoms with Gasteiger partial charge in [0, 0.05) is 44.6 Å². The molecule has 0 aliphatic carbocycles. The van der Waals surface area contributed by atoms with E-state index in [9.17, 15) is 4.79 Å².